The minimum atomic E-state index is -2.90. The summed E-state index contributed by atoms with van der Waals surface area (Å²) in [7, 11) is -2.90. The van der Waals surface area contributed by atoms with Crippen molar-refractivity contribution in [2.45, 2.75) is 38.3 Å². The lowest BCUT2D eigenvalue weighted by Gasteiger charge is -2.29. The summed E-state index contributed by atoms with van der Waals surface area (Å²) in [5.41, 5.74) is 1.71. The van der Waals surface area contributed by atoms with E-state index in [-0.39, 0.29) is 29.6 Å². The maximum Gasteiger partial charge on any atom is 0.253 e. The van der Waals surface area contributed by atoms with Crippen LogP contribution < -0.4 is 10.2 Å². The molecule has 0 aromatic heterocycles. The van der Waals surface area contributed by atoms with Gasteiger partial charge < -0.3 is 15.0 Å². The quantitative estimate of drug-likeness (QED) is 0.875. The summed E-state index contributed by atoms with van der Waals surface area (Å²) in [6, 6.07) is 7.61. The third kappa shape index (κ3) is 3.89. The summed E-state index contributed by atoms with van der Waals surface area (Å²) in [4.78, 5) is 14.2. The molecule has 2 unspecified atom stereocenters. The van der Waals surface area contributed by atoms with Gasteiger partial charge in [0.2, 0.25) is 0 Å². The van der Waals surface area contributed by atoms with E-state index in [4.69, 9.17) is 4.74 Å². The van der Waals surface area contributed by atoms with Gasteiger partial charge in [0.05, 0.1) is 11.5 Å². The summed E-state index contributed by atoms with van der Waals surface area (Å²) in [6.07, 6.45) is 2.02. The standard InChI is InChI=1S/C17H24N2O4S/c1-2-19(15-9-11-24(21,22)12-15)14-7-5-13(6-8-14)18-17(20)16-4-3-10-23-16/h5-8,15-16H,2-4,9-12H2,1H3,(H,18,20). The van der Waals surface area contributed by atoms with Gasteiger partial charge in [-0.15, -0.1) is 0 Å². The minimum Gasteiger partial charge on any atom is -0.368 e. The number of hydrogen-bond acceptors (Lipinski definition) is 5. The van der Waals surface area contributed by atoms with Crippen molar-refractivity contribution >= 4 is 27.1 Å². The van der Waals surface area contributed by atoms with Gasteiger partial charge in [0.15, 0.2) is 9.84 Å². The molecule has 2 heterocycles. The fraction of sp³-hybridized carbons (Fsp3) is 0.588. The molecule has 24 heavy (non-hydrogen) atoms. The predicted octanol–water partition coefficient (Wildman–Crippen LogP) is 1.82. The van der Waals surface area contributed by atoms with Crippen LogP contribution in [-0.4, -0.2) is 51.1 Å². The average molecular weight is 352 g/mol. The monoisotopic (exact) mass is 352 g/mol. The van der Waals surface area contributed by atoms with Crippen LogP contribution in [0.15, 0.2) is 24.3 Å². The van der Waals surface area contributed by atoms with E-state index >= 15 is 0 Å². The van der Waals surface area contributed by atoms with Crippen molar-refractivity contribution < 1.29 is 17.9 Å². The average Bonchev–Trinajstić information content (AvgIpc) is 3.19. The molecule has 6 nitrogen and oxygen atoms in total. The van der Waals surface area contributed by atoms with Crippen LogP contribution in [0.4, 0.5) is 11.4 Å². The van der Waals surface area contributed by atoms with Gasteiger partial charge in [-0.2, -0.15) is 0 Å². The van der Waals surface area contributed by atoms with E-state index < -0.39 is 9.84 Å². The van der Waals surface area contributed by atoms with E-state index in [1.807, 2.05) is 31.2 Å². The smallest absolute Gasteiger partial charge is 0.253 e. The SMILES string of the molecule is CCN(c1ccc(NC(=O)C2CCCO2)cc1)C1CCS(=O)(=O)C1. The molecule has 1 amide bonds. The highest BCUT2D eigenvalue weighted by atomic mass is 32.2. The van der Waals surface area contributed by atoms with Crippen LogP contribution in [0.3, 0.4) is 0 Å². The third-order valence-electron chi connectivity index (χ3n) is 4.68. The van der Waals surface area contributed by atoms with E-state index in [1.54, 1.807) is 0 Å². The van der Waals surface area contributed by atoms with Gasteiger partial charge in [-0.05, 0) is 50.5 Å². The van der Waals surface area contributed by atoms with Crippen molar-refractivity contribution in [3.05, 3.63) is 24.3 Å². The number of anilines is 2. The molecule has 7 heteroatoms. The molecule has 1 aromatic rings. The zero-order chi connectivity index (χ0) is 17.2. The van der Waals surface area contributed by atoms with Crippen molar-refractivity contribution in [3.63, 3.8) is 0 Å². The molecule has 3 rings (SSSR count). The number of carbonyl (C=O) groups is 1. The maximum absolute atomic E-state index is 12.1. The molecular formula is C17H24N2O4S. The molecule has 132 valence electrons. The van der Waals surface area contributed by atoms with Crippen LogP contribution in [0, 0.1) is 0 Å². The van der Waals surface area contributed by atoms with Crippen molar-refractivity contribution in [3.8, 4) is 0 Å². The molecule has 0 bridgehead atoms. The highest BCUT2D eigenvalue weighted by Crippen LogP contribution is 2.26. The van der Waals surface area contributed by atoms with Gasteiger partial charge in [-0.1, -0.05) is 0 Å². The first-order valence-electron chi connectivity index (χ1n) is 8.48. The number of nitrogens with zero attached hydrogens (tertiary/aromatic N) is 1. The number of benzene rings is 1. The molecular weight excluding hydrogens is 328 g/mol. The number of carbonyl (C=O) groups excluding carboxylic acids is 1. The number of nitrogens with one attached hydrogen (secondary N) is 1. The Morgan fingerprint density at radius 2 is 2.04 bits per heavy atom. The Balaban J connectivity index is 1.65. The topological polar surface area (TPSA) is 75.7 Å². The lowest BCUT2D eigenvalue weighted by molar-refractivity contribution is -0.124. The van der Waals surface area contributed by atoms with E-state index in [0.29, 0.717) is 13.0 Å². The largest absolute Gasteiger partial charge is 0.368 e. The van der Waals surface area contributed by atoms with Gasteiger partial charge in [0, 0.05) is 30.6 Å². The minimum absolute atomic E-state index is 0.0346. The van der Waals surface area contributed by atoms with Crippen LogP contribution in [0.1, 0.15) is 26.2 Å². The lowest BCUT2D eigenvalue weighted by Crippen LogP contribution is -2.36. The highest BCUT2D eigenvalue weighted by molar-refractivity contribution is 7.91. The zero-order valence-corrected chi connectivity index (χ0v) is 14.7. The third-order valence-corrected chi connectivity index (χ3v) is 6.43. The van der Waals surface area contributed by atoms with E-state index in [0.717, 1.165) is 30.8 Å². The Labute approximate surface area is 143 Å². The second-order valence-corrected chi connectivity index (χ2v) is 8.61. The van der Waals surface area contributed by atoms with Gasteiger partial charge in [0.25, 0.3) is 5.91 Å². The molecule has 2 atom stereocenters. The molecule has 2 aliphatic heterocycles. The summed E-state index contributed by atoms with van der Waals surface area (Å²) in [5.74, 6) is 0.386. The predicted molar refractivity (Wildman–Crippen MR) is 94.1 cm³/mol. The maximum atomic E-state index is 12.1. The van der Waals surface area contributed by atoms with Crippen molar-refractivity contribution in [2.75, 3.05) is 34.9 Å². The first-order valence-corrected chi connectivity index (χ1v) is 10.3. The molecule has 2 saturated heterocycles. The van der Waals surface area contributed by atoms with Crippen LogP contribution in [0.2, 0.25) is 0 Å². The first-order chi connectivity index (χ1) is 11.5. The Morgan fingerprint density at radius 3 is 2.58 bits per heavy atom. The first kappa shape index (κ1) is 17.2. The van der Waals surface area contributed by atoms with Crippen molar-refractivity contribution in [1.82, 2.24) is 0 Å². The Bertz CT molecular complexity index is 681. The normalized spacial score (nSPS) is 25.5. The summed E-state index contributed by atoms with van der Waals surface area (Å²) < 4.78 is 28.8. The van der Waals surface area contributed by atoms with Gasteiger partial charge in [0.1, 0.15) is 6.10 Å². The van der Waals surface area contributed by atoms with Crippen molar-refractivity contribution in [1.29, 1.82) is 0 Å². The van der Waals surface area contributed by atoms with Gasteiger partial charge in [-0.25, -0.2) is 8.42 Å². The summed E-state index contributed by atoms with van der Waals surface area (Å²) in [5, 5.41) is 2.87. The summed E-state index contributed by atoms with van der Waals surface area (Å²) >= 11 is 0. The Kier molecular flexibility index (Phi) is 5.10. The van der Waals surface area contributed by atoms with Gasteiger partial charge in [-0.3, -0.25) is 4.79 Å². The second-order valence-electron chi connectivity index (χ2n) is 6.38. The molecule has 1 N–H and O–H groups in total. The van der Waals surface area contributed by atoms with Crippen molar-refractivity contribution in [2.24, 2.45) is 0 Å². The zero-order valence-electron chi connectivity index (χ0n) is 13.9. The fourth-order valence-electron chi connectivity index (χ4n) is 3.42. The molecule has 0 aliphatic carbocycles. The number of ether oxygens (including phenoxy) is 1. The van der Waals surface area contributed by atoms with Crippen LogP contribution in [-0.2, 0) is 19.4 Å². The van der Waals surface area contributed by atoms with Crippen LogP contribution >= 0.6 is 0 Å². The lowest BCUT2D eigenvalue weighted by atomic mass is 10.1. The fourth-order valence-corrected chi connectivity index (χ4v) is 5.15. The molecule has 2 fully saturated rings. The molecule has 1 aromatic carbocycles. The van der Waals surface area contributed by atoms with Gasteiger partial charge >= 0.3 is 0 Å². The number of amides is 1. The number of rotatable bonds is 5. The van der Waals surface area contributed by atoms with Crippen LogP contribution in [0.25, 0.3) is 0 Å². The Hall–Kier alpha value is -1.60. The van der Waals surface area contributed by atoms with E-state index in [1.165, 1.54) is 0 Å². The molecule has 2 aliphatic rings. The molecule has 0 spiro atoms. The van der Waals surface area contributed by atoms with Crippen LogP contribution in [0.5, 0.6) is 0 Å². The number of sulfone groups is 1. The Morgan fingerprint density at radius 1 is 1.29 bits per heavy atom. The van der Waals surface area contributed by atoms with E-state index in [2.05, 4.69) is 10.2 Å². The highest BCUT2D eigenvalue weighted by Gasteiger charge is 2.31. The number of hydrogen-bond donors (Lipinski definition) is 1. The molecule has 0 saturated carbocycles. The van der Waals surface area contributed by atoms with E-state index in [9.17, 15) is 13.2 Å². The second kappa shape index (κ2) is 7.11. The molecule has 0 radical (unpaired) electrons. The summed E-state index contributed by atoms with van der Waals surface area (Å²) in [6.45, 7) is 3.42.